The molecular weight excluding hydrogens is 404 g/mol. The average molecular weight is 437 g/mol. The number of carbonyl (C=O) groups is 2. The number of carbonyl (C=O) groups excluding carboxylic acids is 2. The summed E-state index contributed by atoms with van der Waals surface area (Å²) in [7, 11) is -3.62. The average Bonchev–Trinajstić information content (AvgIpc) is 2.72. The van der Waals surface area contributed by atoms with Gasteiger partial charge in [0.15, 0.2) is 0 Å². The fourth-order valence-corrected chi connectivity index (χ4v) is 6.45. The van der Waals surface area contributed by atoms with Gasteiger partial charge in [0.05, 0.1) is 4.90 Å². The SMILES string of the molecule is Cc1cc(C)c(C)c(S(=O)(=O)N2CCN(C(=O)C3CCN(C(N)=O)CC3)CC2)c1C. The molecule has 8 nitrogen and oxygen atoms in total. The van der Waals surface area contributed by atoms with E-state index in [0.717, 1.165) is 22.3 Å². The molecule has 1 aromatic rings. The van der Waals surface area contributed by atoms with Gasteiger partial charge in [-0.1, -0.05) is 6.07 Å². The molecule has 3 rings (SSSR count). The first-order chi connectivity index (χ1) is 14.0. The fraction of sp³-hybridized carbons (Fsp3) is 0.619. The summed E-state index contributed by atoms with van der Waals surface area (Å²) < 4.78 is 28.3. The fourth-order valence-electron chi connectivity index (χ4n) is 4.45. The van der Waals surface area contributed by atoms with Gasteiger partial charge in [-0.15, -0.1) is 0 Å². The Hall–Kier alpha value is -2.13. The smallest absolute Gasteiger partial charge is 0.314 e. The van der Waals surface area contributed by atoms with Crippen LogP contribution in [0.25, 0.3) is 0 Å². The summed E-state index contributed by atoms with van der Waals surface area (Å²) in [5.41, 5.74) is 8.81. The Balaban J connectivity index is 1.67. The van der Waals surface area contributed by atoms with Gasteiger partial charge in [0.2, 0.25) is 15.9 Å². The van der Waals surface area contributed by atoms with E-state index in [4.69, 9.17) is 5.73 Å². The lowest BCUT2D eigenvalue weighted by atomic mass is 9.95. The summed E-state index contributed by atoms with van der Waals surface area (Å²) in [5, 5.41) is 0. The number of urea groups is 1. The van der Waals surface area contributed by atoms with Crippen LogP contribution in [0.5, 0.6) is 0 Å². The summed E-state index contributed by atoms with van der Waals surface area (Å²) in [6.45, 7) is 9.91. The van der Waals surface area contributed by atoms with Crippen molar-refractivity contribution >= 4 is 22.0 Å². The molecule has 2 N–H and O–H groups in total. The highest BCUT2D eigenvalue weighted by Crippen LogP contribution is 2.29. The van der Waals surface area contributed by atoms with Gasteiger partial charge < -0.3 is 15.5 Å². The van der Waals surface area contributed by atoms with Gasteiger partial charge in [-0.2, -0.15) is 4.31 Å². The molecule has 0 atom stereocenters. The minimum absolute atomic E-state index is 0.0509. The number of sulfonamides is 1. The van der Waals surface area contributed by atoms with Crippen molar-refractivity contribution < 1.29 is 18.0 Å². The van der Waals surface area contributed by atoms with Gasteiger partial charge in [-0.3, -0.25) is 4.79 Å². The molecule has 0 spiro atoms. The number of primary amides is 1. The Kier molecular flexibility index (Phi) is 6.43. The molecule has 2 aliphatic heterocycles. The van der Waals surface area contributed by atoms with Crippen LogP contribution in [0.15, 0.2) is 11.0 Å². The van der Waals surface area contributed by atoms with E-state index in [-0.39, 0.29) is 11.8 Å². The van der Waals surface area contributed by atoms with Crippen LogP contribution >= 0.6 is 0 Å². The van der Waals surface area contributed by atoms with Crippen LogP contribution in [0, 0.1) is 33.6 Å². The van der Waals surface area contributed by atoms with Crippen molar-refractivity contribution in [1.29, 1.82) is 0 Å². The minimum Gasteiger partial charge on any atom is -0.351 e. The summed E-state index contributed by atoms with van der Waals surface area (Å²) >= 11 is 0. The van der Waals surface area contributed by atoms with Crippen LogP contribution in [-0.4, -0.2) is 73.7 Å². The lowest BCUT2D eigenvalue weighted by Crippen LogP contribution is -2.53. The predicted octanol–water partition coefficient (Wildman–Crippen LogP) is 1.54. The van der Waals surface area contributed by atoms with E-state index in [1.807, 2.05) is 33.8 Å². The van der Waals surface area contributed by atoms with Gasteiger partial charge >= 0.3 is 6.03 Å². The monoisotopic (exact) mass is 436 g/mol. The maximum atomic E-state index is 13.4. The first-order valence-corrected chi connectivity index (χ1v) is 11.9. The molecule has 1 aromatic carbocycles. The second-order valence-corrected chi connectivity index (χ2v) is 10.3. The van der Waals surface area contributed by atoms with Crippen molar-refractivity contribution in [2.75, 3.05) is 39.3 Å². The summed E-state index contributed by atoms with van der Waals surface area (Å²) in [5.74, 6) is -0.0809. The zero-order valence-electron chi connectivity index (χ0n) is 18.3. The number of piperidine rings is 1. The Morgan fingerprint density at radius 1 is 0.867 bits per heavy atom. The van der Waals surface area contributed by atoms with Crippen LogP contribution in [-0.2, 0) is 14.8 Å². The van der Waals surface area contributed by atoms with Gasteiger partial charge in [-0.05, 0) is 62.8 Å². The highest BCUT2D eigenvalue weighted by Gasteiger charge is 2.35. The molecule has 166 valence electrons. The standard InChI is InChI=1S/C21H32N4O4S/c1-14-13-15(2)17(4)19(16(14)3)30(28,29)25-11-9-23(10-12-25)20(26)18-5-7-24(8-6-18)21(22)27/h13,18H,5-12H2,1-4H3,(H2,22,27). The number of aryl methyl sites for hydroxylation is 2. The predicted molar refractivity (Wildman–Crippen MR) is 115 cm³/mol. The van der Waals surface area contributed by atoms with E-state index in [1.165, 1.54) is 4.31 Å². The number of rotatable bonds is 3. The minimum atomic E-state index is -3.62. The van der Waals surface area contributed by atoms with Crippen molar-refractivity contribution in [1.82, 2.24) is 14.1 Å². The molecule has 2 heterocycles. The summed E-state index contributed by atoms with van der Waals surface area (Å²) in [4.78, 5) is 27.9. The van der Waals surface area contributed by atoms with Crippen molar-refractivity contribution in [2.45, 2.75) is 45.4 Å². The van der Waals surface area contributed by atoms with Crippen molar-refractivity contribution in [3.05, 3.63) is 28.3 Å². The molecule has 2 fully saturated rings. The van der Waals surface area contributed by atoms with Gasteiger partial charge in [0, 0.05) is 45.2 Å². The molecule has 2 saturated heterocycles. The number of nitrogens with two attached hydrogens (primary N) is 1. The Labute approximate surface area is 179 Å². The van der Waals surface area contributed by atoms with Crippen LogP contribution in [0.3, 0.4) is 0 Å². The van der Waals surface area contributed by atoms with E-state index in [9.17, 15) is 18.0 Å². The molecule has 3 amide bonds. The maximum Gasteiger partial charge on any atom is 0.314 e. The zero-order valence-corrected chi connectivity index (χ0v) is 19.1. The van der Waals surface area contributed by atoms with Crippen molar-refractivity contribution in [3.8, 4) is 0 Å². The number of benzene rings is 1. The highest BCUT2D eigenvalue weighted by molar-refractivity contribution is 7.89. The molecule has 2 aliphatic rings. The van der Waals surface area contributed by atoms with Crippen molar-refractivity contribution in [3.63, 3.8) is 0 Å². The molecule has 0 unspecified atom stereocenters. The molecule has 9 heteroatoms. The van der Waals surface area contributed by atoms with Gasteiger partial charge in [0.25, 0.3) is 0 Å². The maximum absolute atomic E-state index is 13.4. The van der Waals surface area contributed by atoms with E-state index in [2.05, 4.69) is 0 Å². The second-order valence-electron chi connectivity index (χ2n) is 8.42. The molecule has 0 bridgehead atoms. The number of likely N-dealkylation sites (tertiary alicyclic amines) is 1. The van der Waals surface area contributed by atoms with Crippen LogP contribution in [0.1, 0.15) is 35.1 Å². The Morgan fingerprint density at radius 2 is 1.37 bits per heavy atom. The van der Waals surface area contributed by atoms with Gasteiger partial charge in [-0.25, -0.2) is 13.2 Å². The van der Waals surface area contributed by atoms with E-state index >= 15 is 0 Å². The first kappa shape index (κ1) is 22.6. The normalized spacial score (nSPS) is 19.2. The number of nitrogens with zero attached hydrogens (tertiary/aromatic N) is 3. The van der Waals surface area contributed by atoms with E-state index in [0.29, 0.717) is 57.0 Å². The molecule has 0 radical (unpaired) electrons. The molecular formula is C21H32N4O4S. The number of hydrogen-bond acceptors (Lipinski definition) is 4. The largest absolute Gasteiger partial charge is 0.351 e. The van der Waals surface area contributed by atoms with Crippen LogP contribution in [0.2, 0.25) is 0 Å². The third-order valence-corrected chi connectivity index (χ3v) is 8.77. The lowest BCUT2D eigenvalue weighted by molar-refractivity contribution is -0.138. The third kappa shape index (κ3) is 4.18. The second kappa shape index (κ2) is 8.55. The number of amides is 3. The summed E-state index contributed by atoms with van der Waals surface area (Å²) in [6.07, 6.45) is 1.20. The molecule has 30 heavy (non-hydrogen) atoms. The zero-order chi connectivity index (χ0) is 22.2. The lowest BCUT2D eigenvalue weighted by Gasteiger charge is -2.38. The Bertz CT molecular complexity index is 918. The van der Waals surface area contributed by atoms with E-state index < -0.39 is 16.1 Å². The van der Waals surface area contributed by atoms with Gasteiger partial charge in [0.1, 0.15) is 0 Å². The number of hydrogen-bond donors (Lipinski definition) is 1. The van der Waals surface area contributed by atoms with E-state index in [1.54, 1.807) is 9.80 Å². The highest BCUT2D eigenvalue weighted by atomic mass is 32.2. The van der Waals surface area contributed by atoms with Crippen LogP contribution < -0.4 is 5.73 Å². The molecule has 0 saturated carbocycles. The topological polar surface area (TPSA) is 104 Å². The van der Waals surface area contributed by atoms with Crippen molar-refractivity contribution in [2.24, 2.45) is 11.7 Å². The first-order valence-electron chi connectivity index (χ1n) is 10.4. The summed E-state index contributed by atoms with van der Waals surface area (Å²) in [6, 6.07) is 1.57. The Morgan fingerprint density at radius 3 is 1.83 bits per heavy atom. The third-order valence-electron chi connectivity index (χ3n) is 6.60. The molecule has 0 aromatic heterocycles. The quantitative estimate of drug-likeness (QED) is 0.776. The molecule has 0 aliphatic carbocycles. The number of piperazine rings is 1. The van der Waals surface area contributed by atoms with Crippen LogP contribution in [0.4, 0.5) is 4.79 Å².